The van der Waals surface area contributed by atoms with Gasteiger partial charge in [-0.05, 0) is 46.1 Å². The average molecular weight is 488 g/mol. The Morgan fingerprint density at radius 3 is 2.52 bits per heavy atom. The second-order valence-corrected chi connectivity index (χ2v) is 8.18. The summed E-state index contributed by atoms with van der Waals surface area (Å²) in [5.74, 6) is -2.29. The number of halogens is 1. The molecule has 0 saturated carbocycles. The largest absolute Gasteiger partial charge is 0.454 e. The molecule has 2 N–H and O–H groups in total. The van der Waals surface area contributed by atoms with E-state index in [1.807, 2.05) is 0 Å². The van der Waals surface area contributed by atoms with Gasteiger partial charge in [0.15, 0.2) is 6.61 Å². The number of esters is 1. The molecule has 0 spiro atoms. The number of carbonyl (C=O) groups excluding carboxylic acids is 4. The summed E-state index contributed by atoms with van der Waals surface area (Å²) in [4.78, 5) is 51.0. The van der Waals surface area contributed by atoms with Crippen LogP contribution in [0.15, 0.2) is 53.0 Å². The van der Waals surface area contributed by atoms with Crippen molar-refractivity contribution >= 4 is 51.0 Å². The van der Waals surface area contributed by atoms with Gasteiger partial charge in [-0.2, -0.15) is 0 Å². The second kappa shape index (κ2) is 9.74. The van der Waals surface area contributed by atoms with Gasteiger partial charge in [0.1, 0.15) is 12.6 Å². The highest BCUT2D eigenvalue weighted by molar-refractivity contribution is 9.10. The Hall–Kier alpha value is -3.20. The predicted octanol–water partition coefficient (Wildman–Crippen LogP) is 2.73. The number of hydrogen-bond donors (Lipinski definition) is 2. The summed E-state index contributed by atoms with van der Waals surface area (Å²) in [6.07, 6.45) is 0. The van der Waals surface area contributed by atoms with Crippen molar-refractivity contribution in [1.29, 1.82) is 0 Å². The Labute approximate surface area is 188 Å². The fourth-order valence-electron chi connectivity index (χ4n) is 3.12. The zero-order valence-corrected chi connectivity index (χ0v) is 18.6. The van der Waals surface area contributed by atoms with Crippen molar-refractivity contribution in [2.45, 2.75) is 19.9 Å². The molecule has 2 aromatic rings. The molecule has 3 rings (SSSR count). The van der Waals surface area contributed by atoms with Gasteiger partial charge >= 0.3 is 5.97 Å². The smallest absolute Gasteiger partial charge is 0.329 e. The van der Waals surface area contributed by atoms with E-state index < -0.39 is 30.4 Å². The molecule has 1 heterocycles. The monoisotopic (exact) mass is 487 g/mol. The number of benzene rings is 2. The van der Waals surface area contributed by atoms with Crippen molar-refractivity contribution < 1.29 is 23.9 Å². The van der Waals surface area contributed by atoms with Crippen LogP contribution in [-0.2, 0) is 19.1 Å². The molecule has 1 aliphatic heterocycles. The van der Waals surface area contributed by atoms with Gasteiger partial charge in [0.2, 0.25) is 5.91 Å². The van der Waals surface area contributed by atoms with E-state index >= 15 is 0 Å². The third-order valence-corrected chi connectivity index (χ3v) is 5.43. The maximum Gasteiger partial charge on any atom is 0.329 e. The van der Waals surface area contributed by atoms with Gasteiger partial charge in [-0.15, -0.1) is 0 Å². The summed E-state index contributed by atoms with van der Waals surface area (Å²) in [6, 6.07) is 12.8. The minimum absolute atomic E-state index is 0.167. The van der Waals surface area contributed by atoms with E-state index in [1.54, 1.807) is 62.4 Å². The molecule has 162 valence electrons. The summed E-state index contributed by atoms with van der Waals surface area (Å²) in [7, 11) is 0. The standard InChI is InChI=1S/C22H22BrN3O5/c1-13(2)20(25-21(29)14-7-3-4-8-15(14)23)22(30)31-12-19(28)26-11-18(27)24-16-9-5-6-10-17(16)26/h3-10,13,20H,11-12H2,1-2H3,(H,24,27)(H,25,29). The number of amides is 3. The maximum absolute atomic E-state index is 12.7. The first-order valence-corrected chi connectivity index (χ1v) is 10.5. The minimum Gasteiger partial charge on any atom is -0.454 e. The van der Waals surface area contributed by atoms with E-state index in [2.05, 4.69) is 26.6 Å². The van der Waals surface area contributed by atoms with Crippen LogP contribution in [0.4, 0.5) is 11.4 Å². The Kier molecular flexibility index (Phi) is 7.06. The molecule has 0 aromatic heterocycles. The van der Waals surface area contributed by atoms with Crippen LogP contribution >= 0.6 is 15.9 Å². The highest BCUT2D eigenvalue weighted by Crippen LogP contribution is 2.28. The SMILES string of the molecule is CC(C)C(NC(=O)c1ccccc1Br)C(=O)OCC(=O)N1CC(=O)Nc2ccccc21. The van der Waals surface area contributed by atoms with E-state index in [0.29, 0.717) is 21.4 Å². The third kappa shape index (κ3) is 5.29. The lowest BCUT2D eigenvalue weighted by Gasteiger charge is -2.29. The summed E-state index contributed by atoms with van der Waals surface area (Å²) in [6.45, 7) is 2.81. The van der Waals surface area contributed by atoms with Crippen molar-refractivity contribution in [3.8, 4) is 0 Å². The first-order chi connectivity index (χ1) is 14.8. The number of carbonyl (C=O) groups is 4. The predicted molar refractivity (Wildman–Crippen MR) is 119 cm³/mol. The number of nitrogens with one attached hydrogen (secondary N) is 2. The first-order valence-electron chi connectivity index (χ1n) is 9.69. The Morgan fingerprint density at radius 1 is 1.13 bits per heavy atom. The first kappa shape index (κ1) is 22.5. The molecule has 9 heteroatoms. The van der Waals surface area contributed by atoms with Crippen molar-refractivity contribution in [3.05, 3.63) is 58.6 Å². The molecule has 3 amide bonds. The van der Waals surface area contributed by atoms with Gasteiger partial charge in [-0.1, -0.05) is 38.1 Å². The zero-order valence-electron chi connectivity index (χ0n) is 17.1. The molecular weight excluding hydrogens is 466 g/mol. The average Bonchev–Trinajstić information content (AvgIpc) is 2.74. The number of rotatable bonds is 6. The topological polar surface area (TPSA) is 105 Å². The normalized spacial score (nSPS) is 13.8. The summed E-state index contributed by atoms with van der Waals surface area (Å²) >= 11 is 3.31. The van der Waals surface area contributed by atoms with Crippen molar-refractivity contribution in [2.75, 3.05) is 23.4 Å². The molecule has 1 atom stereocenters. The van der Waals surface area contributed by atoms with Gasteiger partial charge in [0, 0.05) is 4.47 Å². The lowest BCUT2D eigenvalue weighted by atomic mass is 10.0. The van der Waals surface area contributed by atoms with Crippen LogP contribution in [0.5, 0.6) is 0 Å². The van der Waals surface area contributed by atoms with Crippen molar-refractivity contribution in [1.82, 2.24) is 5.32 Å². The molecule has 31 heavy (non-hydrogen) atoms. The van der Waals surface area contributed by atoms with Gasteiger partial charge in [-0.25, -0.2) is 4.79 Å². The molecule has 0 radical (unpaired) electrons. The van der Waals surface area contributed by atoms with Crippen molar-refractivity contribution in [3.63, 3.8) is 0 Å². The number of anilines is 2. The molecule has 0 fully saturated rings. The van der Waals surface area contributed by atoms with Gasteiger partial charge in [-0.3, -0.25) is 19.3 Å². The van der Waals surface area contributed by atoms with E-state index in [4.69, 9.17) is 4.74 Å². The highest BCUT2D eigenvalue weighted by Gasteiger charge is 2.30. The maximum atomic E-state index is 12.7. The number of ether oxygens (including phenoxy) is 1. The van der Waals surface area contributed by atoms with Crippen LogP contribution in [0, 0.1) is 5.92 Å². The molecule has 0 aliphatic carbocycles. The summed E-state index contributed by atoms with van der Waals surface area (Å²) < 4.78 is 5.81. The molecule has 1 unspecified atom stereocenters. The fraction of sp³-hybridized carbons (Fsp3) is 0.273. The number of fused-ring (bicyclic) bond motifs is 1. The quantitative estimate of drug-likeness (QED) is 0.609. The third-order valence-electron chi connectivity index (χ3n) is 4.74. The molecule has 0 saturated heterocycles. The fourth-order valence-corrected chi connectivity index (χ4v) is 3.58. The van der Waals surface area contributed by atoms with E-state index in [9.17, 15) is 19.2 Å². The minimum atomic E-state index is -0.940. The lowest BCUT2D eigenvalue weighted by Crippen LogP contribution is -2.47. The van der Waals surface area contributed by atoms with Gasteiger partial charge in [0.25, 0.3) is 11.8 Å². The van der Waals surface area contributed by atoms with Crippen LogP contribution in [0.2, 0.25) is 0 Å². The van der Waals surface area contributed by atoms with Crippen LogP contribution in [-0.4, -0.2) is 42.9 Å². The number of para-hydroxylation sites is 2. The van der Waals surface area contributed by atoms with Crippen molar-refractivity contribution in [2.24, 2.45) is 5.92 Å². The number of nitrogens with zero attached hydrogens (tertiary/aromatic N) is 1. The molecular formula is C22H22BrN3O5. The summed E-state index contributed by atoms with van der Waals surface area (Å²) in [5.41, 5.74) is 1.43. The summed E-state index contributed by atoms with van der Waals surface area (Å²) in [5, 5.41) is 5.36. The van der Waals surface area contributed by atoms with Crippen LogP contribution < -0.4 is 15.5 Å². The second-order valence-electron chi connectivity index (χ2n) is 7.33. The van der Waals surface area contributed by atoms with Crippen LogP contribution in [0.1, 0.15) is 24.2 Å². The Balaban J connectivity index is 1.65. The molecule has 8 nitrogen and oxygen atoms in total. The highest BCUT2D eigenvalue weighted by atomic mass is 79.9. The Morgan fingerprint density at radius 2 is 1.81 bits per heavy atom. The van der Waals surface area contributed by atoms with E-state index in [-0.39, 0.29) is 18.4 Å². The zero-order chi connectivity index (χ0) is 22.5. The molecule has 1 aliphatic rings. The molecule has 0 bridgehead atoms. The van der Waals surface area contributed by atoms with Crippen LogP contribution in [0.25, 0.3) is 0 Å². The van der Waals surface area contributed by atoms with E-state index in [1.165, 1.54) is 4.90 Å². The van der Waals surface area contributed by atoms with Gasteiger partial charge in [0.05, 0.1) is 16.9 Å². The Bertz CT molecular complexity index is 1020. The number of hydrogen-bond acceptors (Lipinski definition) is 5. The lowest BCUT2D eigenvalue weighted by molar-refractivity contribution is -0.150. The van der Waals surface area contributed by atoms with Crippen LogP contribution in [0.3, 0.4) is 0 Å². The van der Waals surface area contributed by atoms with Gasteiger partial charge < -0.3 is 15.4 Å². The molecule has 2 aromatic carbocycles. The van der Waals surface area contributed by atoms with E-state index in [0.717, 1.165) is 0 Å².